The summed E-state index contributed by atoms with van der Waals surface area (Å²) in [5.74, 6) is 0.273. The van der Waals surface area contributed by atoms with Gasteiger partial charge in [-0.2, -0.15) is 0 Å². The average molecular weight is 439 g/mol. The van der Waals surface area contributed by atoms with Gasteiger partial charge >= 0.3 is 33.9 Å². The van der Waals surface area contributed by atoms with Crippen molar-refractivity contribution in [3.8, 4) is 0 Å². The smallest absolute Gasteiger partial charge is 0.109 e. The molecule has 30 heavy (non-hydrogen) atoms. The third-order valence-electron chi connectivity index (χ3n) is 5.03. The maximum Gasteiger partial charge on any atom is 0.109 e. The first-order chi connectivity index (χ1) is 14.3. The molecule has 0 aromatic heterocycles. The minimum Gasteiger partial charge on any atom is -0.830 e. The molecule has 0 saturated carbocycles. The van der Waals surface area contributed by atoms with E-state index in [0.29, 0.717) is 4.48 Å². The van der Waals surface area contributed by atoms with E-state index in [0.717, 1.165) is 48.2 Å². The second-order valence-electron chi connectivity index (χ2n) is 6.50. The minimum absolute atomic E-state index is 0. The number of hydrogen-bond acceptors (Lipinski definition) is 1. The van der Waals surface area contributed by atoms with E-state index < -0.39 is 0 Å². The molecule has 2 aromatic carbocycles. The Labute approximate surface area is 188 Å². The van der Waals surface area contributed by atoms with Crippen LogP contribution in [0.5, 0.6) is 0 Å². The molecule has 0 amide bonds. The molecule has 6 heteroatoms. The van der Waals surface area contributed by atoms with Gasteiger partial charge in [0.15, 0.2) is 0 Å². The largest absolute Gasteiger partial charge is 0.830 e. The van der Waals surface area contributed by atoms with Gasteiger partial charge in [-0.25, -0.2) is 0 Å². The zero-order valence-corrected chi connectivity index (χ0v) is 17.6. The predicted octanol–water partition coefficient (Wildman–Crippen LogP) is 3.66. The molecule has 0 aliphatic carbocycles. The van der Waals surface area contributed by atoms with E-state index in [4.69, 9.17) is 14.0 Å². The van der Waals surface area contributed by atoms with Crippen LogP contribution in [0.1, 0.15) is 30.4 Å². The number of piperidine rings is 1. The zero-order chi connectivity index (χ0) is 21.7. The zero-order valence-electron chi connectivity index (χ0n) is 16.4. The molecule has 5 nitrogen and oxygen atoms in total. The Morgan fingerprint density at radius 3 is 1.57 bits per heavy atom. The van der Waals surface area contributed by atoms with Gasteiger partial charge < -0.3 is 5.11 Å². The van der Waals surface area contributed by atoms with E-state index >= 15 is 0 Å². The van der Waals surface area contributed by atoms with Crippen LogP contribution in [0.2, 0.25) is 0 Å². The van der Waals surface area contributed by atoms with Crippen molar-refractivity contribution in [1.29, 1.82) is 0 Å². The molecule has 152 valence electrons. The van der Waals surface area contributed by atoms with Crippen molar-refractivity contribution in [1.82, 2.24) is 0 Å². The van der Waals surface area contributed by atoms with Crippen molar-refractivity contribution in [2.24, 2.45) is 0 Å². The van der Waals surface area contributed by atoms with Crippen LogP contribution in [0.25, 0.3) is 11.1 Å². The molecule has 2 heterocycles. The topological polar surface area (TPSA) is 82.8 Å². The monoisotopic (exact) mass is 439 g/mol. The SMILES string of the molecule is [C-]#[O+].[C-]#[O+].[C-]#[O+].[Cr].[O-]C1=C(c2ccccc2)C(c2ccccc2)=C[N+]12CCCCC2. The first-order valence-electron chi connectivity index (χ1n) is 9.04. The van der Waals surface area contributed by atoms with Crippen LogP contribution in [0.15, 0.2) is 72.7 Å². The maximum absolute atomic E-state index is 13.3. The van der Waals surface area contributed by atoms with Gasteiger partial charge in [0.2, 0.25) is 0 Å². The molecule has 1 spiro atoms. The third-order valence-corrected chi connectivity index (χ3v) is 5.03. The minimum atomic E-state index is 0. The van der Waals surface area contributed by atoms with E-state index in [9.17, 15) is 5.11 Å². The molecule has 4 rings (SSSR count). The Morgan fingerprint density at radius 1 is 0.667 bits per heavy atom. The molecule has 1 fully saturated rings. The van der Waals surface area contributed by atoms with Gasteiger partial charge in [-0.05, 0) is 30.4 Å². The normalized spacial score (nSPS) is 15.5. The van der Waals surface area contributed by atoms with Crippen LogP contribution >= 0.6 is 0 Å². The van der Waals surface area contributed by atoms with Gasteiger partial charge in [-0.1, -0.05) is 60.7 Å². The molecule has 0 bridgehead atoms. The molecule has 0 atom stereocenters. The molecule has 0 radical (unpaired) electrons. The van der Waals surface area contributed by atoms with Gasteiger partial charge in [0.25, 0.3) is 0 Å². The molecule has 2 aliphatic rings. The second-order valence-corrected chi connectivity index (χ2v) is 6.50. The van der Waals surface area contributed by atoms with Gasteiger partial charge in [-0.3, -0.25) is 4.48 Å². The molecule has 2 aliphatic heterocycles. The standard InChI is InChI=1S/C21H21NO.3CO.Cr/c23-21-20(18-12-6-2-7-13-18)19(17-10-4-1-5-11-17)16-22(21)14-8-3-9-15-22;3*1-2;/h1-2,4-7,10-13,16H,3,8-9,14-15H2;;;;. The van der Waals surface area contributed by atoms with E-state index in [1.807, 2.05) is 36.4 Å². The summed E-state index contributed by atoms with van der Waals surface area (Å²) in [5, 5.41) is 13.3. The fourth-order valence-electron chi connectivity index (χ4n) is 3.84. The van der Waals surface area contributed by atoms with Gasteiger partial charge in [0.1, 0.15) is 6.20 Å². The Morgan fingerprint density at radius 2 is 1.10 bits per heavy atom. The number of benzene rings is 2. The molecule has 0 N–H and O–H groups in total. The quantitative estimate of drug-likeness (QED) is 0.399. The summed E-state index contributed by atoms with van der Waals surface area (Å²) >= 11 is 0. The summed E-state index contributed by atoms with van der Waals surface area (Å²) < 4.78 is 23.0. The van der Waals surface area contributed by atoms with E-state index in [2.05, 4.69) is 50.4 Å². The van der Waals surface area contributed by atoms with Gasteiger partial charge in [0, 0.05) is 28.5 Å². The molecular weight excluding hydrogens is 418 g/mol. The van der Waals surface area contributed by atoms with Crippen molar-refractivity contribution in [2.45, 2.75) is 19.3 Å². The second kappa shape index (κ2) is 14.4. The Kier molecular flexibility index (Phi) is 13.2. The van der Waals surface area contributed by atoms with Crippen molar-refractivity contribution in [3.05, 3.63) is 104 Å². The van der Waals surface area contributed by atoms with Crippen LogP contribution in [0.3, 0.4) is 0 Å². The van der Waals surface area contributed by atoms with Crippen molar-refractivity contribution < 1.29 is 40.9 Å². The average Bonchev–Trinajstić information content (AvgIpc) is 3.11. The van der Waals surface area contributed by atoms with Crippen LogP contribution in [0.4, 0.5) is 0 Å². The van der Waals surface area contributed by atoms with Gasteiger partial charge in [0.05, 0.1) is 19.0 Å². The molecule has 0 unspecified atom stereocenters. The molecule has 2 aromatic rings. The summed E-state index contributed by atoms with van der Waals surface area (Å²) in [6, 6.07) is 20.4. The first-order valence-corrected chi connectivity index (χ1v) is 9.04. The summed E-state index contributed by atoms with van der Waals surface area (Å²) in [4.78, 5) is 0. The van der Waals surface area contributed by atoms with E-state index in [1.165, 1.54) is 6.42 Å². The van der Waals surface area contributed by atoms with E-state index in [1.54, 1.807) is 0 Å². The maximum atomic E-state index is 13.3. The Balaban J connectivity index is 0.00000111. The first kappa shape index (κ1) is 27.4. The van der Waals surface area contributed by atoms with Crippen LogP contribution in [-0.2, 0) is 31.3 Å². The number of rotatable bonds is 2. The van der Waals surface area contributed by atoms with Crippen LogP contribution in [-0.4, -0.2) is 17.6 Å². The third kappa shape index (κ3) is 5.97. The molecular formula is C24H21CrNO4. The Hall–Kier alpha value is -2.57. The van der Waals surface area contributed by atoms with Crippen LogP contribution in [0, 0.1) is 20.0 Å². The van der Waals surface area contributed by atoms with Crippen LogP contribution < -0.4 is 5.11 Å². The molecule has 1 saturated heterocycles. The number of allylic oxidation sites excluding steroid dienone is 2. The predicted molar refractivity (Wildman–Crippen MR) is 103 cm³/mol. The number of quaternary nitrogens is 1. The summed E-state index contributed by atoms with van der Waals surface area (Å²) in [6.45, 7) is 15.4. The van der Waals surface area contributed by atoms with Gasteiger partial charge in [-0.15, -0.1) is 0 Å². The Bertz CT molecular complexity index is 879. The van der Waals surface area contributed by atoms with E-state index in [-0.39, 0.29) is 23.2 Å². The summed E-state index contributed by atoms with van der Waals surface area (Å²) in [5.41, 5.74) is 4.16. The number of nitrogens with zero attached hydrogens (tertiary/aromatic N) is 1. The summed E-state index contributed by atoms with van der Waals surface area (Å²) in [6.07, 6.45) is 5.72. The van der Waals surface area contributed by atoms with Crippen molar-refractivity contribution in [3.63, 3.8) is 0 Å². The fourth-order valence-corrected chi connectivity index (χ4v) is 3.84. The van der Waals surface area contributed by atoms with Crippen molar-refractivity contribution in [2.75, 3.05) is 13.1 Å². The summed E-state index contributed by atoms with van der Waals surface area (Å²) in [7, 11) is 0. The van der Waals surface area contributed by atoms with Crippen molar-refractivity contribution >= 4 is 11.1 Å². The fraction of sp³-hybridized carbons (Fsp3) is 0.208. The number of hydrogen-bond donors (Lipinski definition) is 0.